The van der Waals surface area contributed by atoms with Crippen molar-refractivity contribution < 1.29 is 4.79 Å². The van der Waals surface area contributed by atoms with Gasteiger partial charge in [-0.25, -0.2) is 0 Å². The van der Waals surface area contributed by atoms with Crippen molar-refractivity contribution >= 4 is 32.6 Å². The SMILES string of the molecule is CC1(C(=O)c2c[nH]c3ccc(Br)cc23)CCCCC1. The Morgan fingerprint density at radius 3 is 2.74 bits per heavy atom. The second-order valence-electron chi connectivity index (χ2n) is 5.84. The fourth-order valence-corrected chi connectivity index (χ4v) is 3.53. The molecule has 1 aliphatic rings. The lowest BCUT2D eigenvalue weighted by atomic mass is 9.71. The monoisotopic (exact) mass is 319 g/mol. The highest BCUT2D eigenvalue weighted by atomic mass is 79.9. The first-order chi connectivity index (χ1) is 9.10. The maximum absolute atomic E-state index is 12.9. The number of fused-ring (bicyclic) bond motifs is 1. The van der Waals surface area contributed by atoms with Gasteiger partial charge < -0.3 is 4.98 Å². The molecule has 1 aromatic heterocycles. The van der Waals surface area contributed by atoms with Crippen LogP contribution in [0.1, 0.15) is 49.4 Å². The van der Waals surface area contributed by atoms with Crippen molar-refractivity contribution in [1.29, 1.82) is 0 Å². The lowest BCUT2D eigenvalue weighted by Crippen LogP contribution is -2.30. The molecule has 2 nitrogen and oxygen atoms in total. The smallest absolute Gasteiger partial charge is 0.170 e. The van der Waals surface area contributed by atoms with Crippen molar-refractivity contribution in [2.24, 2.45) is 5.41 Å². The molecule has 1 N–H and O–H groups in total. The van der Waals surface area contributed by atoms with Gasteiger partial charge >= 0.3 is 0 Å². The van der Waals surface area contributed by atoms with Gasteiger partial charge in [0, 0.05) is 32.6 Å². The van der Waals surface area contributed by atoms with Crippen LogP contribution >= 0.6 is 15.9 Å². The van der Waals surface area contributed by atoms with Crippen LogP contribution in [0.3, 0.4) is 0 Å². The fraction of sp³-hybridized carbons (Fsp3) is 0.438. The van der Waals surface area contributed by atoms with Gasteiger partial charge in [-0.15, -0.1) is 0 Å². The molecule has 0 saturated heterocycles. The summed E-state index contributed by atoms with van der Waals surface area (Å²) in [6.07, 6.45) is 7.53. The molecule has 19 heavy (non-hydrogen) atoms. The van der Waals surface area contributed by atoms with E-state index < -0.39 is 0 Å². The van der Waals surface area contributed by atoms with Crippen LogP contribution in [-0.2, 0) is 0 Å². The number of aromatic nitrogens is 1. The highest BCUT2D eigenvalue weighted by molar-refractivity contribution is 9.10. The Hall–Kier alpha value is -1.09. The Kier molecular flexibility index (Phi) is 3.25. The molecule has 1 fully saturated rings. The van der Waals surface area contributed by atoms with Crippen LogP contribution in [-0.4, -0.2) is 10.8 Å². The zero-order chi connectivity index (χ0) is 13.5. The molecule has 1 aromatic carbocycles. The van der Waals surface area contributed by atoms with Crippen LogP contribution in [0.4, 0.5) is 0 Å². The predicted octanol–water partition coefficient (Wildman–Crippen LogP) is 5.08. The molecule has 3 heteroatoms. The minimum atomic E-state index is -0.171. The van der Waals surface area contributed by atoms with Gasteiger partial charge in [0.15, 0.2) is 5.78 Å². The number of aromatic amines is 1. The van der Waals surface area contributed by atoms with E-state index in [2.05, 4.69) is 27.8 Å². The van der Waals surface area contributed by atoms with E-state index in [0.717, 1.165) is 33.8 Å². The number of ketones is 1. The summed E-state index contributed by atoms with van der Waals surface area (Å²) < 4.78 is 1.02. The fourth-order valence-electron chi connectivity index (χ4n) is 3.16. The average molecular weight is 320 g/mol. The number of benzene rings is 1. The third kappa shape index (κ3) is 2.25. The Morgan fingerprint density at radius 2 is 2.00 bits per heavy atom. The molecule has 100 valence electrons. The molecule has 0 aliphatic heterocycles. The third-order valence-corrected chi connectivity index (χ3v) is 4.89. The van der Waals surface area contributed by atoms with Gasteiger partial charge in [0.25, 0.3) is 0 Å². The van der Waals surface area contributed by atoms with E-state index in [0.29, 0.717) is 5.78 Å². The summed E-state index contributed by atoms with van der Waals surface area (Å²) in [5.74, 6) is 0.302. The molecule has 0 bridgehead atoms. The lowest BCUT2D eigenvalue weighted by molar-refractivity contribution is 0.0751. The second kappa shape index (κ2) is 4.78. The molecular weight excluding hydrogens is 302 g/mol. The number of Topliss-reactive ketones (excluding diaryl/α,β-unsaturated/α-hetero) is 1. The van der Waals surface area contributed by atoms with Crippen LogP contribution in [0, 0.1) is 5.41 Å². The number of hydrogen-bond acceptors (Lipinski definition) is 1. The van der Waals surface area contributed by atoms with Crippen LogP contribution in [0.25, 0.3) is 10.9 Å². The summed E-state index contributed by atoms with van der Waals surface area (Å²) in [4.78, 5) is 16.1. The molecule has 0 radical (unpaired) electrons. The third-order valence-electron chi connectivity index (χ3n) is 4.39. The first-order valence-corrected chi connectivity index (χ1v) is 7.71. The largest absolute Gasteiger partial charge is 0.360 e. The number of rotatable bonds is 2. The van der Waals surface area contributed by atoms with Crippen molar-refractivity contribution in [3.8, 4) is 0 Å². The van der Waals surface area contributed by atoms with Gasteiger partial charge in [-0.2, -0.15) is 0 Å². The van der Waals surface area contributed by atoms with Gasteiger partial charge in [0.1, 0.15) is 0 Å². The van der Waals surface area contributed by atoms with Gasteiger partial charge in [-0.05, 0) is 31.0 Å². The van der Waals surface area contributed by atoms with Crippen molar-refractivity contribution in [3.63, 3.8) is 0 Å². The topological polar surface area (TPSA) is 32.9 Å². The number of hydrogen-bond donors (Lipinski definition) is 1. The molecule has 0 atom stereocenters. The van der Waals surface area contributed by atoms with E-state index >= 15 is 0 Å². The molecular formula is C16H18BrNO. The van der Waals surface area contributed by atoms with E-state index in [1.54, 1.807) is 0 Å². The molecule has 0 unspecified atom stereocenters. The quantitative estimate of drug-likeness (QED) is 0.769. The minimum absolute atomic E-state index is 0.171. The molecule has 1 aliphatic carbocycles. The van der Waals surface area contributed by atoms with Gasteiger partial charge in [-0.3, -0.25) is 4.79 Å². The Balaban J connectivity index is 2.04. The number of H-pyrrole nitrogens is 1. The lowest BCUT2D eigenvalue weighted by Gasteiger charge is -2.31. The van der Waals surface area contributed by atoms with E-state index in [9.17, 15) is 4.79 Å². The number of nitrogens with one attached hydrogen (secondary N) is 1. The molecule has 2 aromatic rings. The summed E-state index contributed by atoms with van der Waals surface area (Å²) in [6.45, 7) is 2.13. The maximum atomic E-state index is 12.9. The normalized spacial score (nSPS) is 18.6. The highest BCUT2D eigenvalue weighted by Crippen LogP contribution is 2.40. The number of carbonyl (C=O) groups is 1. The maximum Gasteiger partial charge on any atom is 0.170 e. The van der Waals surface area contributed by atoms with Crippen LogP contribution in [0.5, 0.6) is 0 Å². The van der Waals surface area contributed by atoms with Gasteiger partial charge in [-0.1, -0.05) is 42.1 Å². The average Bonchev–Trinajstić information content (AvgIpc) is 2.81. The van der Waals surface area contributed by atoms with Crippen molar-refractivity contribution in [2.75, 3.05) is 0 Å². The van der Waals surface area contributed by atoms with Gasteiger partial charge in [0.05, 0.1) is 0 Å². The summed E-state index contributed by atoms with van der Waals surface area (Å²) in [5.41, 5.74) is 1.71. The highest BCUT2D eigenvalue weighted by Gasteiger charge is 2.36. The molecule has 0 amide bonds. The molecule has 1 heterocycles. The number of carbonyl (C=O) groups excluding carboxylic acids is 1. The predicted molar refractivity (Wildman–Crippen MR) is 81.5 cm³/mol. The zero-order valence-corrected chi connectivity index (χ0v) is 12.7. The Morgan fingerprint density at radius 1 is 1.26 bits per heavy atom. The van der Waals surface area contributed by atoms with E-state index in [1.807, 2.05) is 24.4 Å². The van der Waals surface area contributed by atoms with Crippen molar-refractivity contribution in [3.05, 3.63) is 34.4 Å². The number of halogens is 1. The summed E-state index contributed by atoms with van der Waals surface area (Å²) in [6, 6.07) is 6.04. The van der Waals surface area contributed by atoms with Crippen LogP contribution in [0.15, 0.2) is 28.9 Å². The van der Waals surface area contributed by atoms with Crippen molar-refractivity contribution in [1.82, 2.24) is 4.98 Å². The summed E-state index contributed by atoms with van der Waals surface area (Å²) in [5, 5.41) is 1.03. The zero-order valence-electron chi connectivity index (χ0n) is 11.1. The Labute approximate surface area is 121 Å². The Bertz CT molecular complexity index is 623. The van der Waals surface area contributed by atoms with Crippen LogP contribution in [0.2, 0.25) is 0 Å². The van der Waals surface area contributed by atoms with Crippen LogP contribution < -0.4 is 0 Å². The standard InChI is InChI=1S/C16H18BrNO/c1-16(7-3-2-4-8-16)15(19)13-10-18-14-6-5-11(17)9-12(13)14/h5-6,9-10,18H,2-4,7-8H2,1H3. The van der Waals surface area contributed by atoms with Crippen molar-refractivity contribution in [2.45, 2.75) is 39.0 Å². The van der Waals surface area contributed by atoms with E-state index in [4.69, 9.17) is 0 Å². The minimum Gasteiger partial charge on any atom is -0.360 e. The first kappa shape index (κ1) is 12.9. The first-order valence-electron chi connectivity index (χ1n) is 6.92. The second-order valence-corrected chi connectivity index (χ2v) is 6.76. The molecule has 1 saturated carbocycles. The molecule has 3 rings (SSSR count). The summed E-state index contributed by atoms with van der Waals surface area (Å²) in [7, 11) is 0. The van der Waals surface area contributed by atoms with Gasteiger partial charge in [0.2, 0.25) is 0 Å². The molecule has 0 spiro atoms. The van der Waals surface area contributed by atoms with E-state index in [-0.39, 0.29) is 5.41 Å². The summed E-state index contributed by atoms with van der Waals surface area (Å²) >= 11 is 3.48. The van der Waals surface area contributed by atoms with E-state index in [1.165, 1.54) is 19.3 Å².